The zero-order chi connectivity index (χ0) is 21.9. The van der Waals surface area contributed by atoms with Crippen LogP contribution in [-0.4, -0.2) is 57.9 Å². The normalized spacial score (nSPS) is 17.2. The van der Waals surface area contributed by atoms with Crippen LogP contribution in [0.3, 0.4) is 0 Å². The van der Waals surface area contributed by atoms with Gasteiger partial charge in [0.25, 0.3) is 0 Å². The first-order valence-electron chi connectivity index (χ1n) is 10.9. The van der Waals surface area contributed by atoms with Crippen LogP contribution < -0.4 is 4.90 Å². The van der Waals surface area contributed by atoms with Crippen molar-refractivity contribution < 1.29 is 14.2 Å². The van der Waals surface area contributed by atoms with E-state index < -0.39 is 0 Å². The summed E-state index contributed by atoms with van der Waals surface area (Å²) in [7, 11) is 2.02. The lowest BCUT2D eigenvalue weighted by molar-refractivity contribution is 0.0787. The van der Waals surface area contributed by atoms with Crippen molar-refractivity contribution in [3.8, 4) is 0 Å². The maximum Gasteiger partial charge on any atom is 0.229 e. The molecule has 9 heteroatoms. The van der Waals surface area contributed by atoms with Gasteiger partial charge in [-0.2, -0.15) is 0 Å². The second-order valence-corrected chi connectivity index (χ2v) is 8.96. The van der Waals surface area contributed by atoms with Crippen molar-refractivity contribution in [2.75, 3.05) is 38.0 Å². The minimum absolute atomic E-state index is 0.00811. The lowest BCUT2D eigenvalue weighted by atomic mass is 10.1. The maximum absolute atomic E-state index is 5.76. The summed E-state index contributed by atoms with van der Waals surface area (Å²) >= 11 is 1.60. The van der Waals surface area contributed by atoms with Gasteiger partial charge in [0.2, 0.25) is 6.79 Å². The molecule has 2 aliphatic heterocycles. The van der Waals surface area contributed by atoms with Crippen molar-refractivity contribution in [2.24, 2.45) is 7.05 Å². The lowest BCUT2D eigenvalue weighted by Gasteiger charge is -2.28. The lowest BCUT2D eigenvalue weighted by Crippen LogP contribution is -2.37. The highest BCUT2D eigenvalue weighted by molar-refractivity contribution is 8.00. The summed E-state index contributed by atoms with van der Waals surface area (Å²) in [6, 6.07) is 10.4. The van der Waals surface area contributed by atoms with Crippen LogP contribution in [0.15, 0.2) is 47.5 Å². The van der Waals surface area contributed by atoms with E-state index in [2.05, 4.69) is 40.7 Å². The monoisotopic (exact) mass is 453 g/mol. The Morgan fingerprint density at radius 2 is 1.91 bits per heavy atom. The number of aromatic nitrogens is 4. The van der Waals surface area contributed by atoms with Crippen molar-refractivity contribution in [3.05, 3.63) is 53.7 Å². The first kappa shape index (κ1) is 21.1. The number of rotatable bonds is 7. The number of anilines is 1. The van der Waals surface area contributed by atoms with E-state index in [1.54, 1.807) is 18.0 Å². The highest BCUT2D eigenvalue weighted by atomic mass is 32.2. The number of aryl methyl sites for hydroxylation is 2. The molecular formula is C23H27N5O3S. The van der Waals surface area contributed by atoms with E-state index in [0.717, 1.165) is 54.5 Å². The van der Waals surface area contributed by atoms with Gasteiger partial charge in [0.1, 0.15) is 17.8 Å². The second-order valence-electron chi connectivity index (χ2n) is 7.79. The Morgan fingerprint density at radius 1 is 1.09 bits per heavy atom. The summed E-state index contributed by atoms with van der Waals surface area (Å²) in [6.07, 6.45) is 3.34. The number of hydrogen-bond acceptors (Lipinski definition) is 8. The average Bonchev–Trinajstić information content (AvgIpc) is 3.48. The molecule has 0 saturated carbocycles. The third-order valence-corrected chi connectivity index (χ3v) is 6.80. The zero-order valence-electron chi connectivity index (χ0n) is 18.4. The molecule has 5 rings (SSSR count). The van der Waals surface area contributed by atoms with E-state index in [-0.39, 0.29) is 12.0 Å². The first-order chi connectivity index (χ1) is 15.7. The molecule has 1 saturated heterocycles. The van der Waals surface area contributed by atoms with Crippen molar-refractivity contribution in [1.82, 2.24) is 19.5 Å². The van der Waals surface area contributed by atoms with Crippen LogP contribution in [0.1, 0.15) is 18.3 Å². The van der Waals surface area contributed by atoms with Gasteiger partial charge >= 0.3 is 0 Å². The summed E-state index contributed by atoms with van der Waals surface area (Å²) in [4.78, 5) is 17.0. The average molecular weight is 454 g/mol. The molecular weight excluding hydrogens is 426 g/mol. The van der Waals surface area contributed by atoms with E-state index in [4.69, 9.17) is 29.2 Å². The number of hydrogen-bond donors (Lipinski definition) is 0. The van der Waals surface area contributed by atoms with E-state index >= 15 is 0 Å². The molecule has 0 aliphatic carbocycles. The molecule has 1 unspecified atom stereocenters. The summed E-state index contributed by atoms with van der Waals surface area (Å²) in [5, 5.41) is 0.718. The summed E-state index contributed by atoms with van der Waals surface area (Å²) in [5.74, 6) is 2.70. The first-order valence-corrected chi connectivity index (χ1v) is 11.8. The molecule has 3 aromatic rings. The standard InChI is InChI=1S/C23H27N5O3S/c1-3-19-24-20-21(27(19)2)25-23(26-22(20)28-9-11-29-12-10-28)32-18(17-14-30-15-31-17)13-16-7-5-4-6-8-16/h4-8,14,18H,3,9-13,15H2,1-2H3. The Labute approximate surface area is 191 Å². The number of imidazole rings is 1. The van der Waals surface area contributed by atoms with Gasteiger partial charge < -0.3 is 23.7 Å². The highest BCUT2D eigenvalue weighted by Crippen LogP contribution is 2.34. The molecule has 4 heterocycles. The number of nitrogens with zero attached hydrogens (tertiary/aromatic N) is 5. The molecule has 32 heavy (non-hydrogen) atoms. The van der Waals surface area contributed by atoms with Gasteiger partial charge in [0.15, 0.2) is 22.1 Å². The van der Waals surface area contributed by atoms with Gasteiger partial charge in [-0.1, -0.05) is 49.0 Å². The van der Waals surface area contributed by atoms with Crippen LogP contribution in [-0.2, 0) is 34.1 Å². The van der Waals surface area contributed by atoms with E-state index in [0.29, 0.717) is 18.4 Å². The molecule has 0 radical (unpaired) electrons. The van der Waals surface area contributed by atoms with Crippen molar-refractivity contribution in [2.45, 2.75) is 30.2 Å². The van der Waals surface area contributed by atoms with Crippen LogP contribution in [0.2, 0.25) is 0 Å². The Hall–Kier alpha value is -2.78. The van der Waals surface area contributed by atoms with E-state index in [1.165, 1.54) is 5.56 Å². The molecule has 8 nitrogen and oxygen atoms in total. The molecule has 0 bridgehead atoms. The third kappa shape index (κ3) is 4.27. The van der Waals surface area contributed by atoms with E-state index in [1.807, 2.05) is 13.1 Å². The minimum Gasteiger partial charge on any atom is -0.462 e. The molecule has 2 aromatic heterocycles. The smallest absolute Gasteiger partial charge is 0.229 e. The molecule has 0 spiro atoms. The van der Waals surface area contributed by atoms with Crippen LogP contribution >= 0.6 is 11.8 Å². The summed E-state index contributed by atoms with van der Waals surface area (Å²) < 4.78 is 18.8. The molecule has 1 atom stereocenters. The summed E-state index contributed by atoms with van der Waals surface area (Å²) in [5.41, 5.74) is 2.94. The maximum atomic E-state index is 5.76. The van der Waals surface area contributed by atoms with Gasteiger partial charge in [-0.3, -0.25) is 0 Å². The Balaban J connectivity index is 1.53. The van der Waals surface area contributed by atoms with Crippen LogP contribution in [0.25, 0.3) is 11.2 Å². The number of fused-ring (bicyclic) bond motifs is 1. The van der Waals surface area contributed by atoms with Gasteiger partial charge in [0.05, 0.1) is 18.5 Å². The van der Waals surface area contributed by atoms with Crippen LogP contribution in [0.5, 0.6) is 0 Å². The molecule has 0 amide bonds. The molecule has 0 N–H and O–H groups in total. The number of ether oxygens (including phenoxy) is 3. The van der Waals surface area contributed by atoms with Crippen molar-refractivity contribution in [1.29, 1.82) is 0 Å². The largest absolute Gasteiger partial charge is 0.462 e. The summed E-state index contributed by atoms with van der Waals surface area (Å²) in [6.45, 7) is 5.33. The van der Waals surface area contributed by atoms with Gasteiger partial charge in [0, 0.05) is 26.6 Å². The highest BCUT2D eigenvalue weighted by Gasteiger charge is 2.26. The predicted molar refractivity (Wildman–Crippen MR) is 124 cm³/mol. The third-order valence-electron chi connectivity index (χ3n) is 5.72. The fourth-order valence-electron chi connectivity index (χ4n) is 4.01. The van der Waals surface area contributed by atoms with Crippen LogP contribution in [0.4, 0.5) is 5.82 Å². The number of benzene rings is 1. The molecule has 1 fully saturated rings. The van der Waals surface area contributed by atoms with Gasteiger partial charge in [-0.15, -0.1) is 0 Å². The molecule has 2 aliphatic rings. The Kier molecular flexibility index (Phi) is 6.18. The minimum atomic E-state index is 0.00811. The number of morpholine rings is 1. The van der Waals surface area contributed by atoms with Crippen molar-refractivity contribution in [3.63, 3.8) is 0 Å². The zero-order valence-corrected chi connectivity index (χ0v) is 19.2. The van der Waals surface area contributed by atoms with Crippen molar-refractivity contribution >= 4 is 28.7 Å². The van der Waals surface area contributed by atoms with Gasteiger partial charge in [-0.25, -0.2) is 15.0 Å². The quantitative estimate of drug-likeness (QED) is 0.399. The molecule has 1 aromatic carbocycles. The Bertz CT molecular complexity index is 1110. The predicted octanol–water partition coefficient (Wildman–Crippen LogP) is 3.31. The van der Waals surface area contributed by atoms with Crippen LogP contribution in [0, 0.1) is 0 Å². The van der Waals surface area contributed by atoms with Gasteiger partial charge in [-0.05, 0) is 12.0 Å². The number of thioether (sulfide) groups is 1. The second kappa shape index (κ2) is 9.38. The topological polar surface area (TPSA) is 74.5 Å². The fraction of sp³-hybridized carbons (Fsp3) is 0.435. The SMILES string of the molecule is CCc1nc2c(N3CCOCC3)nc(SC(Cc3ccccc3)C3=COCO3)nc2n1C. The Morgan fingerprint density at radius 3 is 2.62 bits per heavy atom. The fourth-order valence-corrected chi connectivity index (χ4v) is 5.06. The van der Waals surface area contributed by atoms with E-state index in [9.17, 15) is 0 Å². The molecule has 168 valence electrons.